The largest absolute Gasteiger partial charge is 3.00 e. The second-order valence-electron chi connectivity index (χ2n) is 0.250. The van der Waals surface area contributed by atoms with E-state index < -0.39 is 6.16 Å². The maximum atomic E-state index is 8.33. The minimum Gasteiger partial charge on any atom is -0.870 e. The summed E-state index contributed by atoms with van der Waals surface area (Å²) in [6.45, 7) is 0. The van der Waals surface area contributed by atoms with Gasteiger partial charge >= 0.3 is 42.5 Å². The average Bonchev–Trinajstić information content (AvgIpc) is 0.811. The minimum atomic E-state index is -2.33. The molecule has 0 aliphatic carbocycles. The summed E-state index contributed by atoms with van der Waals surface area (Å²) in [4.78, 5) is 8.33. The van der Waals surface area contributed by atoms with Gasteiger partial charge in [-0.3, -0.25) is 0 Å². The molecule has 0 aromatic heterocycles. The zero-order chi connectivity index (χ0) is 3.58. The van der Waals surface area contributed by atoms with E-state index in [2.05, 4.69) is 0 Å². The van der Waals surface area contributed by atoms with E-state index in [0.717, 1.165) is 0 Å². The second-order valence-corrected chi connectivity index (χ2v) is 0.250. The Labute approximate surface area is 86.0 Å². The Morgan fingerprint density at radius 1 is 1.25 bits per heavy atom. The molecule has 0 amide bonds. The first-order valence-corrected chi connectivity index (χ1v) is 0.612. The average molecular weight is 231 g/mol. The van der Waals surface area contributed by atoms with Crippen LogP contribution in [-0.2, 0) is 19.5 Å². The maximum Gasteiger partial charge on any atom is 3.00 e. The molecule has 4 nitrogen and oxygen atoms in total. The summed E-state index contributed by atoms with van der Waals surface area (Å²) in [7, 11) is 0. The number of hydrogen-bond acceptors (Lipinski definition) is 4. The monoisotopic (exact) mass is 231 g/mol. The van der Waals surface area contributed by atoms with Crippen molar-refractivity contribution in [2.75, 3.05) is 0 Å². The summed E-state index contributed by atoms with van der Waals surface area (Å²) < 4.78 is 0. The molecular formula is CHAlMgO4Rh+2. The zero-order valence-electron chi connectivity index (χ0n) is 3.79. The van der Waals surface area contributed by atoms with Gasteiger partial charge < -0.3 is 20.5 Å². The van der Waals surface area contributed by atoms with Crippen LogP contribution in [0.15, 0.2) is 0 Å². The van der Waals surface area contributed by atoms with Gasteiger partial charge in [0.25, 0.3) is 0 Å². The Hall–Kier alpha value is 1.15. The van der Waals surface area contributed by atoms with Gasteiger partial charge in [-0.05, 0) is 6.16 Å². The number of carbonyl (C=O) groups is 1. The Kier molecular flexibility index (Phi) is 107. The van der Waals surface area contributed by atoms with Crippen molar-refractivity contribution in [2.24, 2.45) is 0 Å². The van der Waals surface area contributed by atoms with E-state index in [4.69, 9.17) is 15.0 Å². The molecule has 0 rings (SSSR count). The van der Waals surface area contributed by atoms with Crippen LogP contribution in [0.3, 0.4) is 0 Å². The van der Waals surface area contributed by atoms with Crippen molar-refractivity contribution >= 4 is 46.6 Å². The summed E-state index contributed by atoms with van der Waals surface area (Å²) in [6.07, 6.45) is -2.33. The Morgan fingerprint density at radius 2 is 1.25 bits per heavy atom. The molecule has 0 fully saturated rings. The van der Waals surface area contributed by atoms with Gasteiger partial charge in [-0.2, -0.15) is 0 Å². The van der Waals surface area contributed by atoms with Crippen LogP contribution in [0.2, 0.25) is 0 Å². The fourth-order valence-electron chi connectivity index (χ4n) is 0. The molecule has 0 spiro atoms. The van der Waals surface area contributed by atoms with E-state index in [0.29, 0.717) is 0 Å². The molecular weight excluding hydrogens is 230 g/mol. The van der Waals surface area contributed by atoms with Crippen LogP contribution in [0.1, 0.15) is 0 Å². The summed E-state index contributed by atoms with van der Waals surface area (Å²) in [5.74, 6) is 0. The SMILES string of the molecule is O=C([O-])[O-].[Al].[Mg+2].[OH-].[Rh+3]. The Balaban J connectivity index is -0.00000000750. The van der Waals surface area contributed by atoms with Crippen LogP contribution in [0.4, 0.5) is 4.79 Å². The van der Waals surface area contributed by atoms with E-state index in [1.54, 1.807) is 0 Å². The van der Waals surface area contributed by atoms with E-state index in [-0.39, 0.29) is 65.4 Å². The van der Waals surface area contributed by atoms with Gasteiger partial charge in [0, 0.05) is 17.4 Å². The van der Waals surface area contributed by atoms with E-state index in [1.165, 1.54) is 0 Å². The number of carboxylic acid groups (broad SMARTS) is 2. The molecule has 0 aromatic carbocycles. The van der Waals surface area contributed by atoms with E-state index >= 15 is 0 Å². The maximum absolute atomic E-state index is 8.33. The predicted octanol–water partition coefficient (Wildman–Crippen LogP) is -3.39. The normalized spacial score (nSPS) is 3.00. The molecule has 7 heteroatoms. The van der Waals surface area contributed by atoms with Gasteiger partial charge in [-0.1, -0.05) is 0 Å². The summed E-state index contributed by atoms with van der Waals surface area (Å²) in [6, 6.07) is 0. The third kappa shape index (κ3) is 204. The molecule has 3 radical (unpaired) electrons. The molecule has 0 unspecified atom stereocenters. The standard InChI is InChI=1S/CH2O3.Al.Mg.H2O.Rh/c2-1(3)4;;;;/h(H2,2,3,4);;;1H2;/q;;+2;;+3/p-3. The van der Waals surface area contributed by atoms with Crippen LogP contribution in [0, 0.1) is 0 Å². The van der Waals surface area contributed by atoms with Crippen molar-refractivity contribution < 1.29 is 40.0 Å². The first-order chi connectivity index (χ1) is 1.73. The third-order valence-corrected chi connectivity index (χ3v) is 0. The molecule has 0 bridgehead atoms. The topological polar surface area (TPSA) is 93.2 Å². The molecule has 0 atom stereocenters. The van der Waals surface area contributed by atoms with Gasteiger partial charge in [-0.15, -0.1) is 0 Å². The molecule has 41 valence electrons. The van der Waals surface area contributed by atoms with Gasteiger partial charge in [0.1, 0.15) is 0 Å². The molecule has 0 aromatic rings. The molecule has 8 heavy (non-hydrogen) atoms. The van der Waals surface area contributed by atoms with Crippen LogP contribution < -0.4 is 10.2 Å². The zero-order valence-corrected chi connectivity index (χ0v) is 8.00. The number of hydrogen-bond donors (Lipinski definition) is 0. The fourth-order valence-corrected chi connectivity index (χ4v) is 0. The number of carbonyl (C=O) groups excluding carboxylic acids is 1. The van der Waals surface area contributed by atoms with Crippen molar-refractivity contribution in [3.05, 3.63) is 0 Å². The molecule has 0 saturated carbocycles. The van der Waals surface area contributed by atoms with Crippen molar-refractivity contribution in [3.8, 4) is 0 Å². The molecule has 0 aliphatic rings. The summed E-state index contributed by atoms with van der Waals surface area (Å²) in [5, 5.41) is 16.7. The second kappa shape index (κ2) is 24.2. The predicted molar refractivity (Wildman–Crippen MR) is 18.8 cm³/mol. The van der Waals surface area contributed by atoms with Gasteiger partial charge in [0.05, 0.1) is 0 Å². The Morgan fingerprint density at radius 3 is 1.25 bits per heavy atom. The number of rotatable bonds is 0. The molecule has 0 heterocycles. The van der Waals surface area contributed by atoms with Crippen LogP contribution in [0.5, 0.6) is 0 Å². The first-order valence-electron chi connectivity index (χ1n) is 0.612. The van der Waals surface area contributed by atoms with Crippen molar-refractivity contribution in [2.45, 2.75) is 0 Å². The van der Waals surface area contributed by atoms with Crippen molar-refractivity contribution in [1.29, 1.82) is 0 Å². The smallest absolute Gasteiger partial charge is 0.870 e. The van der Waals surface area contributed by atoms with E-state index in [1.807, 2.05) is 0 Å². The van der Waals surface area contributed by atoms with Crippen LogP contribution >= 0.6 is 0 Å². The van der Waals surface area contributed by atoms with E-state index in [9.17, 15) is 0 Å². The van der Waals surface area contributed by atoms with Crippen LogP contribution in [-0.4, -0.2) is 52.0 Å². The van der Waals surface area contributed by atoms with Gasteiger partial charge in [0.15, 0.2) is 0 Å². The van der Waals surface area contributed by atoms with Crippen LogP contribution in [0.25, 0.3) is 0 Å². The quantitative estimate of drug-likeness (QED) is 0.406. The van der Waals surface area contributed by atoms with Gasteiger partial charge in [-0.25, -0.2) is 0 Å². The first kappa shape index (κ1) is 35.3. The fraction of sp³-hybridized carbons (Fsp3) is 0. The minimum absolute atomic E-state index is 0. The summed E-state index contributed by atoms with van der Waals surface area (Å²) in [5.41, 5.74) is 0. The molecule has 0 saturated heterocycles. The molecule has 0 aliphatic heterocycles. The van der Waals surface area contributed by atoms with Crippen molar-refractivity contribution in [1.82, 2.24) is 0 Å². The summed E-state index contributed by atoms with van der Waals surface area (Å²) >= 11 is 0. The Bertz CT molecular complexity index is 39.0. The van der Waals surface area contributed by atoms with Crippen molar-refractivity contribution in [3.63, 3.8) is 0 Å². The third-order valence-electron chi connectivity index (χ3n) is 0. The van der Waals surface area contributed by atoms with Gasteiger partial charge in [0.2, 0.25) is 0 Å². The molecule has 1 N–H and O–H groups in total.